The maximum atomic E-state index is 15.6. The van der Waals surface area contributed by atoms with Gasteiger partial charge in [-0.2, -0.15) is 0 Å². The summed E-state index contributed by atoms with van der Waals surface area (Å²) in [5, 5.41) is -2.77. The number of ketones is 1. The van der Waals surface area contributed by atoms with Gasteiger partial charge in [0, 0.05) is 5.56 Å². The third-order valence-electron chi connectivity index (χ3n) is 4.45. The average molecular weight is 400 g/mol. The van der Waals surface area contributed by atoms with Crippen molar-refractivity contribution in [1.29, 1.82) is 0 Å². The predicted molar refractivity (Wildman–Crippen MR) is 109 cm³/mol. The molecular weight excluding hydrogens is 366 g/mol. The average Bonchev–Trinajstić information content (AvgIpc) is 2.52. The summed E-state index contributed by atoms with van der Waals surface area (Å²) in [6, 6.07) is 5.40. The van der Waals surface area contributed by atoms with E-state index < -0.39 is 18.8 Å². The van der Waals surface area contributed by atoms with E-state index in [4.69, 9.17) is 9.05 Å². The quantitative estimate of drug-likeness (QED) is 0.392. The van der Waals surface area contributed by atoms with Crippen LogP contribution in [-0.4, -0.2) is 24.4 Å². The standard InChI is InChI=1S/C21H34FO4P/c1-10-25-27(24,26-11-2)21(9,22)18(23)15-12-16(19(3,4)5)14-17(13-15)20(6,7)8/h12-14H,10-11H2,1-9H3. The van der Waals surface area contributed by atoms with Crippen LogP contribution < -0.4 is 0 Å². The molecule has 0 aliphatic heterocycles. The minimum absolute atomic E-state index is 0.0145. The van der Waals surface area contributed by atoms with Gasteiger partial charge in [-0.25, -0.2) is 4.39 Å². The molecule has 1 aromatic rings. The van der Waals surface area contributed by atoms with Crippen molar-refractivity contribution in [2.75, 3.05) is 13.2 Å². The van der Waals surface area contributed by atoms with Crippen LogP contribution in [0.2, 0.25) is 0 Å². The van der Waals surface area contributed by atoms with E-state index in [0.717, 1.165) is 18.1 Å². The molecule has 0 radical (unpaired) electrons. The summed E-state index contributed by atoms with van der Waals surface area (Å²) in [5.74, 6) is -0.885. The molecule has 0 heterocycles. The Balaban J connectivity index is 3.59. The van der Waals surface area contributed by atoms with Gasteiger partial charge >= 0.3 is 7.60 Å². The molecule has 0 bridgehead atoms. The van der Waals surface area contributed by atoms with Crippen LogP contribution in [0.25, 0.3) is 0 Å². The Morgan fingerprint density at radius 1 is 0.889 bits per heavy atom. The summed E-state index contributed by atoms with van der Waals surface area (Å²) in [6.07, 6.45) is 0. The summed E-state index contributed by atoms with van der Waals surface area (Å²) in [5.41, 5.74) is 1.55. The number of hydrogen-bond acceptors (Lipinski definition) is 4. The first kappa shape index (κ1) is 24.0. The minimum atomic E-state index is -4.27. The molecule has 1 atom stereocenters. The third-order valence-corrected chi connectivity index (χ3v) is 6.88. The van der Waals surface area contributed by atoms with Crippen LogP contribution >= 0.6 is 7.60 Å². The number of rotatable bonds is 7. The summed E-state index contributed by atoms with van der Waals surface area (Å²) in [4.78, 5) is 13.1. The van der Waals surface area contributed by atoms with Crippen LogP contribution in [0.1, 0.15) is 83.8 Å². The van der Waals surface area contributed by atoms with E-state index in [1.807, 2.05) is 47.6 Å². The van der Waals surface area contributed by atoms with Crippen LogP contribution in [0.4, 0.5) is 4.39 Å². The molecule has 154 valence electrons. The van der Waals surface area contributed by atoms with Crippen LogP contribution in [0.15, 0.2) is 18.2 Å². The molecule has 4 nitrogen and oxygen atoms in total. The van der Waals surface area contributed by atoms with Crippen LogP contribution in [0.3, 0.4) is 0 Å². The van der Waals surface area contributed by atoms with Crippen molar-refractivity contribution >= 4 is 13.4 Å². The molecule has 0 amide bonds. The Morgan fingerprint density at radius 2 is 1.26 bits per heavy atom. The molecular formula is C21H34FO4P. The molecule has 0 aliphatic carbocycles. The normalized spacial score (nSPS) is 15.5. The van der Waals surface area contributed by atoms with E-state index in [0.29, 0.717) is 0 Å². The minimum Gasteiger partial charge on any atom is -0.306 e. The summed E-state index contributed by atoms with van der Waals surface area (Å²) < 4.78 is 38.8. The van der Waals surface area contributed by atoms with E-state index in [2.05, 4.69) is 0 Å². The summed E-state index contributed by atoms with van der Waals surface area (Å²) in [7, 11) is -4.27. The Kier molecular flexibility index (Phi) is 7.24. The largest absolute Gasteiger partial charge is 0.375 e. The smallest absolute Gasteiger partial charge is 0.306 e. The summed E-state index contributed by atoms with van der Waals surface area (Å²) in [6.45, 7) is 16.3. The lowest BCUT2D eigenvalue weighted by Crippen LogP contribution is -2.33. The molecule has 0 N–H and O–H groups in total. The van der Waals surface area contributed by atoms with Gasteiger partial charge in [0.2, 0.25) is 5.78 Å². The number of halogens is 1. The molecule has 0 spiro atoms. The van der Waals surface area contributed by atoms with Crippen molar-refractivity contribution in [2.45, 2.75) is 78.6 Å². The van der Waals surface area contributed by atoms with Gasteiger partial charge in [0.15, 0.2) is 0 Å². The lowest BCUT2D eigenvalue weighted by Gasteiger charge is -2.30. The highest BCUT2D eigenvalue weighted by molar-refractivity contribution is 7.56. The zero-order valence-electron chi connectivity index (χ0n) is 18.1. The number of carbonyl (C=O) groups is 1. The van der Waals surface area contributed by atoms with Gasteiger partial charge in [-0.1, -0.05) is 47.6 Å². The number of alkyl halides is 1. The lowest BCUT2D eigenvalue weighted by atomic mass is 9.79. The zero-order valence-corrected chi connectivity index (χ0v) is 19.0. The number of benzene rings is 1. The van der Waals surface area contributed by atoms with E-state index in [-0.39, 0.29) is 29.6 Å². The molecule has 0 saturated heterocycles. The van der Waals surface area contributed by atoms with Crippen molar-refractivity contribution in [3.05, 3.63) is 34.9 Å². The maximum absolute atomic E-state index is 15.6. The Labute approximate surface area is 163 Å². The molecule has 1 aromatic carbocycles. The molecule has 0 aromatic heterocycles. The van der Waals surface area contributed by atoms with Crippen molar-refractivity contribution in [3.63, 3.8) is 0 Å². The fourth-order valence-corrected chi connectivity index (χ4v) is 4.25. The highest BCUT2D eigenvalue weighted by Gasteiger charge is 2.54. The van der Waals surface area contributed by atoms with Gasteiger partial charge in [0.1, 0.15) is 0 Å². The first-order chi connectivity index (χ1) is 12.1. The van der Waals surface area contributed by atoms with Gasteiger partial charge in [-0.05, 0) is 54.9 Å². The van der Waals surface area contributed by atoms with Crippen molar-refractivity contribution in [2.24, 2.45) is 0 Å². The highest BCUT2D eigenvalue weighted by atomic mass is 31.2. The Morgan fingerprint density at radius 3 is 1.56 bits per heavy atom. The van der Waals surface area contributed by atoms with E-state index in [9.17, 15) is 9.36 Å². The van der Waals surface area contributed by atoms with E-state index in [1.54, 1.807) is 26.0 Å². The van der Waals surface area contributed by atoms with Crippen molar-refractivity contribution in [3.8, 4) is 0 Å². The third kappa shape index (κ3) is 5.28. The number of Topliss-reactive ketones (excluding diaryl/α,β-unsaturated/α-hetero) is 1. The van der Waals surface area contributed by atoms with E-state index >= 15 is 4.39 Å². The molecule has 1 unspecified atom stereocenters. The van der Waals surface area contributed by atoms with Crippen molar-refractivity contribution < 1.29 is 22.8 Å². The van der Waals surface area contributed by atoms with Crippen LogP contribution in [0, 0.1) is 0 Å². The van der Waals surface area contributed by atoms with E-state index in [1.165, 1.54) is 0 Å². The van der Waals surface area contributed by atoms with Crippen LogP contribution in [0.5, 0.6) is 0 Å². The molecule has 6 heteroatoms. The predicted octanol–water partition coefficient (Wildman–Crippen LogP) is 6.42. The SMILES string of the molecule is CCOP(=O)(OCC)C(C)(F)C(=O)c1cc(C(C)(C)C)cc(C(C)(C)C)c1. The first-order valence-corrected chi connectivity index (χ1v) is 10.9. The summed E-state index contributed by atoms with van der Waals surface area (Å²) >= 11 is 0. The number of carbonyl (C=O) groups excluding carboxylic acids is 1. The lowest BCUT2D eigenvalue weighted by molar-refractivity contribution is 0.0770. The Bertz CT molecular complexity index is 684. The van der Waals surface area contributed by atoms with Crippen molar-refractivity contribution in [1.82, 2.24) is 0 Å². The monoisotopic (exact) mass is 400 g/mol. The second-order valence-corrected chi connectivity index (χ2v) is 11.3. The van der Waals surface area contributed by atoms with Gasteiger partial charge in [-0.3, -0.25) is 9.36 Å². The fourth-order valence-electron chi connectivity index (χ4n) is 2.63. The molecule has 0 fully saturated rings. The van der Waals surface area contributed by atoms with Crippen LogP contribution in [-0.2, 0) is 24.4 Å². The van der Waals surface area contributed by atoms with Gasteiger partial charge in [0.25, 0.3) is 5.41 Å². The molecule has 0 aliphatic rings. The van der Waals surface area contributed by atoms with Gasteiger partial charge < -0.3 is 9.05 Å². The molecule has 0 saturated carbocycles. The van der Waals surface area contributed by atoms with Gasteiger partial charge in [-0.15, -0.1) is 0 Å². The Hall–Kier alpha value is -1.03. The topological polar surface area (TPSA) is 52.6 Å². The molecule has 1 rings (SSSR count). The fraction of sp³-hybridized carbons (Fsp3) is 0.667. The maximum Gasteiger partial charge on any atom is 0.375 e. The number of hydrogen-bond donors (Lipinski definition) is 0. The molecule has 27 heavy (non-hydrogen) atoms. The highest BCUT2D eigenvalue weighted by Crippen LogP contribution is 2.61. The second-order valence-electron chi connectivity index (χ2n) is 8.91. The second kappa shape index (κ2) is 8.14. The first-order valence-electron chi connectivity index (χ1n) is 9.39. The van der Waals surface area contributed by atoms with Gasteiger partial charge in [0.05, 0.1) is 13.2 Å². The zero-order chi connectivity index (χ0) is 21.3.